The molecule has 1 radical (unpaired) electrons. The predicted octanol–water partition coefficient (Wildman–Crippen LogP) is 5.72. The van der Waals surface area contributed by atoms with Gasteiger partial charge in [-0.2, -0.15) is 0 Å². The van der Waals surface area contributed by atoms with Gasteiger partial charge >= 0.3 is 11.9 Å². The van der Waals surface area contributed by atoms with E-state index in [1.165, 1.54) is 70.6 Å². The Morgan fingerprint density at radius 3 is 1.57 bits per heavy atom. The first kappa shape index (κ1) is 24.6. The van der Waals surface area contributed by atoms with E-state index in [9.17, 15) is 9.59 Å². The van der Waals surface area contributed by atoms with E-state index in [2.05, 4.69) is 18.2 Å². The molecule has 3 nitrogen and oxygen atoms in total. The zero-order chi connectivity index (χ0) is 16.5. The van der Waals surface area contributed by atoms with Crippen molar-refractivity contribution in [1.29, 1.82) is 0 Å². The first-order chi connectivity index (χ1) is 10.7. The summed E-state index contributed by atoms with van der Waals surface area (Å²) in [5.41, 5.74) is 0. The van der Waals surface area contributed by atoms with Crippen LogP contribution < -0.4 is 0 Å². The summed E-state index contributed by atoms with van der Waals surface area (Å²) < 4.78 is 4.51. The van der Waals surface area contributed by atoms with E-state index < -0.39 is 11.9 Å². The van der Waals surface area contributed by atoms with Gasteiger partial charge in [-0.05, 0) is 6.42 Å². The average molecular weight is 374 g/mol. The number of carbonyl (C=O) groups is 2. The fourth-order valence-electron chi connectivity index (χ4n) is 2.49. The second kappa shape index (κ2) is 19.4. The molecule has 0 aromatic rings. The van der Waals surface area contributed by atoms with Crippen molar-refractivity contribution in [1.82, 2.24) is 0 Å². The standard InChI is InChI=1S/C19H34O3.Cu/c1-3-5-6-7-8-9-10-11-12-13-14-15-16-17-19(21)22-18(20)4-2;/h4H,2-3,5-17H2,1H3;. The third-order valence-electron chi connectivity index (χ3n) is 3.87. The molecule has 0 heterocycles. The van der Waals surface area contributed by atoms with Crippen molar-refractivity contribution >= 4 is 11.9 Å². The summed E-state index contributed by atoms with van der Waals surface area (Å²) >= 11 is 0. The van der Waals surface area contributed by atoms with Crippen LogP contribution >= 0.6 is 0 Å². The maximum absolute atomic E-state index is 11.2. The molecule has 0 bridgehead atoms. The Morgan fingerprint density at radius 2 is 1.17 bits per heavy atom. The van der Waals surface area contributed by atoms with E-state index >= 15 is 0 Å². The van der Waals surface area contributed by atoms with Gasteiger partial charge in [0.25, 0.3) is 0 Å². The van der Waals surface area contributed by atoms with E-state index in [4.69, 9.17) is 0 Å². The van der Waals surface area contributed by atoms with Crippen LogP contribution in [-0.2, 0) is 31.4 Å². The third-order valence-corrected chi connectivity index (χ3v) is 3.87. The second-order valence-electron chi connectivity index (χ2n) is 5.99. The number of ether oxygens (including phenoxy) is 1. The third kappa shape index (κ3) is 19.4. The summed E-state index contributed by atoms with van der Waals surface area (Å²) in [7, 11) is 0. The molecule has 0 aliphatic heterocycles. The molecule has 0 aliphatic rings. The van der Waals surface area contributed by atoms with Crippen molar-refractivity contribution in [3.05, 3.63) is 12.7 Å². The van der Waals surface area contributed by atoms with Crippen LogP contribution in [0.3, 0.4) is 0 Å². The Kier molecular flexibility index (Phi) is 20.8. The molecule has 23 heavy (non-hydrogen) atoms. The maximum Gasteiger partial charge on any atom is 0.337 e. The smallest absolute Gasteiger partial charge is 0.337 e. The summed E-state index contributed by atoms with van der Waals surface area (Å²) in [5, 5.41) is 0. The minimum absolute atomic E-state index is 0. The zero-order valence-corrected chi connectivity index (χ0v) is 15.7. The number of carbonyl (C=O) groups excluding carboxylic acids is 2. The first-order valence-electron chi connectivity index (χ1n) is 9.07. The molecule has 0 amide bonds. The number of esters is 2. The predicted molar refractivity (Wildman–Crippen MR) is 91.6 cm³/mol. The van der Waals surface area contributed by atoms with Crippen molar-refractivity contribution in [3.8, 4) is 0 Å². The Bertz CT molecular complexity index is 303. The zero-order valence-electron chi connectivity index (χ0n) is 14.7. The van der Waals surface area contributed by atoms with E-state index in [0.29, 0.717) is 6.42 Å². The average Bonchev–Trinajstić information content (AvgIpc) is 2.51. The first-order valence-corrected chi connectivity index (χ1v) is 9.07. The monoisotopic (exact) mass is 373 g/mol. The van der Waals surface area contributed by atoms with E-state index in [1.54, 1.807) is 0 Å². The minimum atomic E-state index is -0.653. The molecular weight excluding hydrogens is 340 g/mol. The molecule has 0 saturated heterocycles. The number of hydrogen-bond donors (Lipinski definition) is 0. The van der Waals surface area contributed by atoms with Crippen LogP contribution in [0.5, 0.6) is 0 Å². The largest absolute Gasteiger partial charge is 0.390 e. The summed E-state index contributed by atoms with van der Waals surface area (Å²) in [4.78, 5) is 22.0. The molecule has 0 aliphatic carbocycles. The molecule has 4 heteroatoms. The van der Waals surface area contributed by atoms with Crippen LogP contribution in [0.4, 0.5) is 0 Å². The number of rotatable bonds is 15. The van der Waals surface area contributed by atoms with Crippen molar-refractivity contribution in [2.75, 3.05) is 0 Å². The van der Waals surface area contributed by atoms with Gasteiger partial charge in [0.15, 0.2) is 0 Å². The SMILES string of the molecule is C=CC(=O)OC(=O)CCCCCCCCCCCCCCC.[Cu]. The van der Waals surface area contributed by atoms with Gasteiger partial charge in [-0.1, -0.05) is 90.6 Å². The molecule has 0 rings (SSSR count). The van der Waals surface area contributed by atoms with E-state index in [0.717, 1.165) is 18.9 Å². The fourth-order valence-corrected chi connectivity index (χ4v) is 2.49. The second-order valence-corrected chi connectivity index (χ2v) is 5.99. The fraction of sp³-hybridized carbons (Fsp3) is 0.789. The molecule has 139 valence electrons. The molecule has 0 unspecified atom stereocenters. The maximum atomic E-state index is 11.2. The van der Waals surface area contributed by atoms with E-state index in [-0.39, 0.29) is 17.1 Å². The molecule has 0 aromatic carbocycles. The van der Waals surface area contributed by atoms with Crippen LogP contribution in [0.1, 0.15) is 96.8 Å². The van der Waals surface area contributed by atoms with Gasteiger partial charge in [0.1, 0.15) is 0 Å². The Hall–Kier alpha value is -0.601. The van der Waals surface area contributed by atoms with Crippen molar-refractivity contribution in [2.45, 2.75) is 96.8 Å². The Labute approximate surface area is 153 Å². The van der Waals surface area contributed by atoms with Gasteiger partial charge in [-0.3, -0.25) is 4.79 Å². The molecule has 0 spiro atoms. The van der Waals surface area contributed by atoms with Crippen molar-refractivity contribution in [3.63, 3.8) is 0 Å². The molecular formula is C19H34CuO3. The topological polar surface area (TPSA) is 43.4 Å². The summed E-state index contributed by atoms with van der Waals surface area (Å²) in [5.74, 6) is -1.09. The quantitative estimate of drug-likeness (QED) is 0.121. The van der Waals surface area contributed by atoms with Crippen molar-refractivity contribution < 1.29 is 31.4 Å². The molecule has 0 fully saturated rings. The Balaban J connectivity index is 0. The molecule has 0 aromatic heterocycles. The molecule has 0 saturated carbocycles. The van der Waals surface area contributed by atoms with Crippen molar-refractivity contribution in [2.24, 2.45) is 0 Å². The van der Waals surface area contributed by atoms with Crippen LogP contribution in [0.15, 0.2) is 12.7 Å². The van der Waals surface area contributed by atoms with Gasteiger partial charge in [0.2, 0.25) is 0 Å². The van der Waals surface area contributed by atoms with Gasteiger partial charge in [0.05, 0.1) is 0 Å². The molecule has 0 N–H and O–H groups in total. The summed E-state index contributed by atoms with van der Waals surface area (Å²) in [6.45, 7) is 5.51. The number of hydrogen-bond acceptors (Lipinski definition) is 3. The van der Waals surface area contributed by atoms with Crippen LogP contribution in [0.2, 0.25) is 0 Å². The Morgan fingerprint density at radius 1 is 0.783 bits per heavy atom. The molecule has 0 atom stereocenters. The summed E-state index contributed by atoms with van der Waals surface area (Å²) in [6, 6.07) is 0. The number of unbranched alkanes of at least 4 members (excludes halogenated alkanes) is 12. The van der Waals surface area contributed by atoms with Gasteiger partial charge < -0.3 is 4.74 Å². The van der Waals surface area contributed by atoms with Crippen LogP contribution in [0.25, 0.3) is 0 Å². The van der Waals surface area contributed by atoms with E-state index in [1.807, 2.05) is 0 Å². The van der Waals surface area contributed by atoms with Gasteiger partial charge in [0, 0.05) is 29.6 Å². The van der Waals surface area contributed by atoms with Gasteiger partial charge in [-0.15, -0.1) is 0 Å². The minimum Gasteiger partial charge on any atom is -0.390 e. The normalized spacial score (nSPS) is 9.96. The summed E-state index contributed by atoms with van der Waals surface area (Å²) in [6.07, 6.45) is 17.9. The van der Waals surface area contributed by atoms with Crippen LogP contribution in [0, 0.1) is 0 Å². The van der Waals surface area contributed by atoms with Gasteiger partial charge in [-0.25, -0.2) is 4.79 Å². The van der Waals surface area contributed by atoms with Crippen LogP contribution in [-0.4, -0.2) is 11.9 Å².